The summed E-state index contributed by atoms with van der Waals surface area (Å²) in [6.07, 6.45) is 6.63. The van der Waals surface area contributed by atoms with Crippen molar-refractivity contribution in [1.29, 1.82) is 0 Å². The smallest absolute Gasteiger partial charge is 0.291 e. The Kier molecular flexibility index (Phi) is 3.15. The third-order valence-electron chi connectivity index (χ3n) is 3.66. The number of aryl methyl sites for hydroxylation is 1. The molecular weight excluding hydrogens is 242 g/mol. The molecule has 2 aromatic rings. The van der Waals surface area contributed by atoms with E-state index in [0.717, 1.165) is 12.2 Å². The van der Waals surface area contributed by atoms with Gasteiger partial charge in [0.1, 0.15) is 0 Å². The highest BCUT2D eigenvalue weighted by Gasteiger charge is 2.18. The molecule has 1 N–H and O–H groups in total. The molecule has 1 aliphatic carbocycles. The van der Waals surface area contributed by atoms with Crippen LogP contribution in [0.2, 0.25) is 0 Å². The van der Waals surface area contributed by atoms with E-state index in [-0.39, 0.29) is 11.7 Å². The number of fused-ring (bicyclic) bond motifs is 1. The number of nitrogens with zero attached hydrogens (tertiary/aromatic N) is 4. The molecule has 2 aromatic heterocycles. The Morgan fingerprint density at radius 2 is 2.26 bits per heavy atom. The Balaban J connectivity index is 1.72. The van der Waals surface area contributed by atoms with Gasteiger partial charge in [-0.25, -0.2) is 9.50 Å². The van der Waals surface area contributed by atoms with Crippen molar-refractivity contribution >= 4 is 11.7 Å². The lowest BCUT2D eigenvalue weighted by Crippen LogP contribution is -2.29. The zero-order chi connectivity index (χ0) is 13.2. The third kappa shape index (κ3) is 2.43. The van der Waals surface area contributed by atoms with Gasteiger partial charge in [0.2, 0.25) is 5.82 Å². The fourth-order valence-electron chi connectivity index (χ4n) is 2.53. The molecule has 1 fully saturated rings. The number of amides is 1. The summed E-state index contributed by atoms with van der Waals surface area (Å²) in [6.45, 7) is 2.63. The topological polar surface area (TPSA) is 72.2 Å². The predicted octanol–water partition coefficient (Wildman–Crippen LogP) is 1.35. The molecule has 0 radical (unpaired) electrons. The van der Waals surface area contributed by atoms with Crippen LogP contribution < -0.4 is 5.32 Å². The van der Waals surface area contributed by atoms with Gasteiger partial charge in [0.05, 0.1) is 0 Å². The van der Waals surface area contributed by atoms with Gasteiger partial charge in [-0.05, 0) is 31.7 Å². The second kappa shape index (κ2) is 4.95. The van der Waals surface area contributed by atoms with Crippen LogP contribution in [0, 0.1) is 12.8 Å². The van der Waals surface area contributed by atoms with Crippen LogP contribution in [0.4, 0.5) is 0 Å². The molecule has 1 amide bonds. The Morgan fingerprint density at radius 1 is 1.47 bits per heavy atom. The molecule has 0 unspecified atom stereocenters. The first-order valence-corrected chi connectivity index (χ1v) is 6.70. The third-order valence-corrected chi connectivity index (χ3v) is 3.66. The molecule has 2 heterocycles. The number of hydrogen-bond donors (Lipinski definition) is 1. The monoisotopic (exact) mass is 259 g/mol. The highest BCUT2D eigenvalue weighted by molar-refractivity contribution is 5.90. The van der Waals surface area contributed by atoms with Crippen molar-refractivity contribution in [3.05, 3.63) is 23.8 Å². The van der Waals surface area contributed by atoms with Crippen molar-refractivity contribution in [3.8, 4) is 0 Å². The van der Waals surface area contributed by atoms with Gasteiger partial charge >= 0.3 is 0 Å². The van der Waals surface area contributed by atoms with E-state index in [1.54, 1.807) is 10.7 Å². The van der Waals surface area contributed by atoms with Crippen molar-refractivity contribution in [2.45, 2.75) is 32.6 Å². The molecule has 100 valence electrons. The molecule has 3 rings (SSSR count). The molecule has 6 nitrogen and oxygen atoms in total. The van der Waals surface area contributed by atoms with Crippen LogP contribution >= 0.6 is 0 Å². The predicted molar refractivity (Wildman–Crippen MR) is 69.8 cm³/mol. The van der Waals surface area contributed by atoms with Crippen molar-refractivity contribution in [3.63, 3.8) is 0 Å². The van der Waals surface area contributed by atoms with Gasteiger partial charge in [-0.15, -0.1) is 5.10 Å². The molecule has 0 bridgehead atoms. The first-order chi connectivity index (χ1) is 9.24. The van der Waals surface area contributed by atoms with E-state index in [1.807, 2.05) is 13.0 Å². The lowest BCUT2D eigenvalue weighted by molar-refractivity contribution is 0.0937. The fourth-order valence-corrected chi connectivity index (χ4v) is 2.53. The molecule has 0 aliphatic heterocycles. The summed E-state index contributed by atoms with van der Waals surface area (Å²) in [4.78, 5) is 20.2. The van der Waals surface area contributed by atoms with E-state index in [9.17, 15) is 4.79 Å². The average molecular weight is 259 g/mol. The molecule has 6 heteroatoms. The molecule has 0 saturated heterocycles. The fraction of sp³-hybridized carbons (Fsp3) is 0.538. The lowest BCUT2D eigenvalue weighted by atomic mass is 10.1. The average Bonchev–Trinajstić information content (AvgIpc) is 3.05. The summed E-state index contributed by atoms with van der Waals surface area (Å²) in [5.74, 6) is 1.06. The van der Waals surface area contributed by atoms with Gasteiger partial charge < -0.3 is 5.32 Å². The highest BCUT2D eigenvalue weighted by Crippen LogP contribution is 2.23. The van der Waals surface area contributed by atoms with Gasteiger partial charge in [-0.1, -0.05) is 12.8 Å². The van der Waals surface area contributed by atoms with Gasteiger partial charge in [0.15, 0.2) is 0 Å². The summed E-state index contributed by atoms with van der Waals surface area (Å²) >= 11 is 0. The number of rotatable bonds is 3. The second-order valence-electron chi connectivity index (χ2n) is 5.09. The van der Waals surface area contributed by atoms with E-state index < -0.39 is 0 Å². The van der Waals surface area contributed by atoms with E-state index in [1.165, 1.54) is 25.7 Å². The van der Waals surface area contributed by atoms with E-state index >= 15 is 0 Å². The first-order valence-electron chi connectivity index (χ1n) is 6.70. The molecular formula is C13H17N5O. The summed E-state index contributed by atoms with van der Waals surface area (Å²) in [5, 5.41) is 7.10. The Bertz CT molecular complexity index is 600. The second-order valence-corrected chi connectivity index (χ2v) is 5.09. The first kappa shape index (κ1) is 12.1. The van der Waals surface area contributed by atoms with Crippen molar-refractivity contribution in [2.75, 3.05) is 6.54 Å². The van der Waals surface area contributed by atoms with Gasteiger partial charge in [0, 0.05) is 18.4 Å². The zero-order valence-corrected chi connectivity index (χ0v) is 11.0. The zero-order valence-electron chi connectivity index (χ0n) is 11.0. The summed E-state index contributed by atoms with van der Waals surface area (Å²) in [5.41, 5.74) is 0.910. The molecule has 19 heavy (non-hydrogen) atoms. The number of aromatic nitrogens is 4. The molecule has 1 saturated carbocycles. The number of carbonyl (C=O) groups is 1. The standard InChI is InChI=1S/C13H17N5O/c1-9-6-7-14-13-16-11(17-18(9)13)12(19)15-8-10-4-2-3-5-10/h6-7,10H,2-5,8H2,1H3,(H,15,19). The summed E-state index contributed by atoms with van der Waals surface area (Å²) in [7, 11) is 0. The minimum atomic E-state index is -0.211. The molecule has 0 atom stereocenters. The summed E-state index contributed by atoms with van der Waals surface area (Å²) < 4.78 is 1.59. The van der Waals surface area contributed by atoms with Crippen molar-refractivity contribution < 1.29 is 4.79 Å². The van der Waals surface area contributed by atoms with Gasteiger partial charge in [-0.3, -0.25) is 4.79 Å². The normalized spacial score (nSPS) is 16.1. The van der Waals surface area contributed by atoms with E-state index in [0.29, 0.717) is 11.7 Å². The van der Waals surface area contributed by atoms with Crippen LogP contribution in [-0.2, 0) is 0 Å². The van der Waals surface area contributed by atoms with Crippen LogP contribution in [0.5, 0.6) is 0 Å². The highest BCUT2D eigenvalue weighted by atomic mass is 16.2. The number of carbonyl (C=O) groups excluding carboxylic acids is 1. The Morgan fingerprint density at radius 3 is 3.00 bits per heavy atom. The maximum Gasteiger partial charge on any atom is 0.291 e. The number of hydrogen-bond acceptors (Lipinski definition) is 4. The van der Waals surface area contributed by atoms with Gasteiger partial charge in [0.25, 0.3) is 11.7 Å². The maximum atomic E-state index is 12.0. The lowest BCUT2D eigenvalue weighted by Gasteiger charge is -2.08. The van der Waals surface area contributed by atoms with Crippen molar-refractivity contribution in [1.82, 2.24) is 24.9 Å². The van der Waals surface area contributed by atoms with Crippen LogP contribution in [0.15, 0.2) is 12.3 Å². The van der Waals surface area contributed by atoms with Crippen LogP contribution in [0.3, 0.4) is 0 Å². The van der Waals surface area contributed by atoms with Crippen LogP contribution in [-0.4, -0.2) is 32.0 Å². The van der Waals surface area contributed by atoms with Crippen LogP contribution in [0.1, 0.15) is 42.0 Å². The minimum Gasteiger partial charge on any atom is -0.349 e. The van der Waals surface area contributed by atoms with E-state index in [4.69, 9.17) is 0 Å². The number of nitrogens with one attached hydrogen (secondary N) is 1. The summed E-state index contributed by atoms with van der Waals surface area (Å²) in [6, 6.07) is 1.84. The molecule has 1 aliphatic rings. The van der Waals surface area contributed by atoms with E-state index in [2.05, 4.69) is 20.4 Å². The Hall–Kier alpha value is -1.98. The molecule has 0 spiro atoms. The largest absolute Gasteiger partial charge is 0.349 e. The maximum absolute atomic E-state index is 12.0. The quantitative estimate of drug-likeness (QED) is 0.903. The van der Waals surface area contributed by atoms with Gasteiger partial charge in [-0.2, -0.15) is 4.98 Å². The Labute approximate surface area is 111 Å². The minimum absolute atomic E-state index is 0.194. The van der Waals surface area contributed by atoms with Crippen molar-refractivity contribution in [2.24, 2.45) is 5.92 Å². The van der Waals surface area contributed by atoms with Crippen LogP contribution in [0.25, 0.3) is 5.78 Å². The molecule has 0 aromatic carbocycles. The SMILES string of the molecule is Cc1ccnc2nc(C(=O)NCC3CCCC3)nn12.